The Labute approximate surface area is 93.4 Å². The molecule has 0 aromatic heterocycles. The zero-order valence-electron chi connectivity index (χ0n) is 9.52. The molecule has 0 heterocycles. The molecule has 0 fully saturated rings. The van der Waals surface area contributed by atoms with Crippen LogP contribution in [0.15, 0.2) is 24.3 Å². The quantitative estimate of drug-likeness (QED) is 0.475. The molecule has 1 heteroatoms. The Morgan fingerprint density at radius 1 is 1.20 bits per heavy atom. The van der Waals surface area contributed by atoms with Gasteiger partial charge in [0.05, 0.1) is 0 Å². The number of allylic oxidation sites excluding steroid dienone is 3. The monoisotopic (exact) mass is 203 g/mol. The first-order chi connectivity index (χ1) is 7.22. The number of hydrogen-bond donors (Lipinski definition) is 1. The molecule has 1 nitrogen and oxygen atoms in total. The van der Waals surface area contributed by atoms with Crippen molar-refractivity contribution in [1.82, 2.24) is 0 Å². The van der Waals surface area contributed by atoms with Crippen LogP contribution >= 0.6 is 0 Å². The maximum absolute atomic E-state index is 5.99. The molecule has 0 amide bonds. The van der Waals surface area contributed by atoms with Crippen molar-refractivity contribution in [3.8, 4) is 12.3 Å². The lowest BCUT2D eigenvalue weighted by Crippen LogP contribution is -2.19. The number of terminal acetylenes is 1. The van der Waals surface area contributed by atoms with Gasteiger partial charge in [0.2, 0.25) is 0 Å². The Morgan fingerprint density at radius 2 is 1.93 bits per heavy atom. The van der Waals surface area contributed by atoms with Crippen LogP contribution in [0.5, 0.6) is 0 Å². The van der Waals surface area contributed by atoms with Crippen LogP contribution < -0.4 is 5.73 Å². The third-order valence-corrected chi connectivity index (χ3v) is 2.87. The van der Waals surface area contributed by atoms with Crippen LogP contribution in [0, 0.1) is 24.2 Å². The lowest BCUT2D eigenvalue weighted by atomic mass is 9.99. The van der Waals surface area contributed by atoms with Gasteiger partial charge in [-0.2, -0.15) is 0 Å². The van der Waals surface area contributed by atoms with Crippen LogP contribution in [0.3, 0.4) is 0 Å². The van der Waals surface area contributed by atoms with E-state index in [0.29, 0.717) is 12.0 Å². The Hall–Kier alpha value is -1.00. The molecule has 0 aliphatic heterocycles. The first-order valence-electron chi connectivity index (χ1n) is 5.77. The van der Waals surface area contributed by atoms with E-state index in [9.17, 15) is 0 Å². The maximum Gasteiger partial charge on any atom is 0.0414 e. The van der Waals surface area contributed by atoms with Crippen molar-refractivity contribution in [2.45, 2.75) is 38.6 Å². The summed E-state index contributed by atoms with van der Waals surface area (Å²) < 4.78 is 0. The van der Waals surface area contributed by atoms with Crippen LogP contribution in [0.2, 0.25) is 0 Å². The van der Waals surface area contributed by atoms with Gasteiger partial charge < -0.3 is 5.73 Å². The molecule has 3 unspecified atom stereocenters. The van der Waals surface area contributed by atoms with Gasteiger partial charge in [0.25, 0.3) is 0 Å². The van der Waals surface area contributed by atoms with E-state index in [-0.39, 0.29) is 5.92 Å². The van der Waals surface area contributed by atoms with Crippen LogP contribution in [-0.4, -0.2) is 6.04 Å². The summed E-state index contributed by atoms with van der Waals surface area (Å²) in [7, 11) is 0. The summed E-state index contributed by atoms with van der Waals surface area (Å²) in [5.41, 5.74) is 5.99. The fourth-order valence-corrected chi connectivity index (χ4v) is 1.73. The largest absolute Gasteiger partial charge is 0.327 e. The highest BCUT2D eigenvalue weighted by molar-refractivity contribution is 5.09. The summed E-state index contributed by atoms with van der Waals surface area (Å²) in [5, 5.41) is 0. The third kappa shape index (κ3) is 4.85. The van der Waals surface area contributed by atoms with E-state index >= 15 is 0 Å². The molecule has 3 atom stereocenters. The molecule has 0 aromatic carbocycles. The molecule has 82 valence electrons. The number of hydrogen-bond acceptors (Lipinski definition) is 1. The smallest absolute Gasteiger partial charge is 0.0414 e. The van der Waals surface area contributed by atoms with Crippen molar-refractivity contribution in [2.75, 3.05) is 0 Å². The van der Waals surface area contributed by atoms with Gasteiger partial charge in [0.15, 0.2) is 0 Å². The minimum atomic E-state index is 0.248. The second-order valence-corrected chi connectivity index (χ2v) is 4.42. The minimum Gasteiger partial charge on any atom is -0.327 e. The van der Waals surface area contributed by atoms with E-state index in [1.807, 2.05) is 0 Å². The Morgan fingerprint density at radius 3 is 2.67 bits per heavy atom. The van der Waals surface area contributed by atoms with Crippen LogP contribution in [-0.2, 0) is 0 Å². The molecule has 0 saturated carbocycles. The molecule has 0 saturated heterocycles. The summed E-state index contributed by atoms with van der Waals surface area (Å²) in [6.45, 7) is 2.22. The van der Waals surface area contributed by atoms with Crippen LogP contribution in [0.4, 0.5) is 0 Å². The normalized spacial score (nSPS) is 35.1. The summed E-state index contributed by atoms with van der Waals surface area (Å²) in [4.78, 5) is 0. The van der Waals surface area contributed by atoms with Gasteiger partial charge in [0, 0.05) is 12.0 Å². The van der Waals surface area contributed by atoms with Crippen molar-refractivity contribution < 1.29 is 0 Å². The van der Waals surface area contributed by atoms with E-state index in [1.54, 1.807) is 0 Å². The van der Waals surface area contributed by atoms with Gasteiger partial charge in [-0.05, 0) is 31.6 Å². The fourth-order valence-electron chi connectivity index (χ4n) is 1.73. The summed E-state index contributed by atoms with van der Waals surface area (Å²) in [6, 6.07) is 0.305. The van der Waals surface area contributed by atoms with Crippen LogP contribution in [0.25, 0.3) is 0 Å². The average Bonchev–Trinajstić information content (AvgIpc) is 2.27. The zero-order chi connectivity index (χ0) is 11.1. The summed E-state index contributed by atoms with van der Waals surface area (Å²) in [6.07, 6.45) is 18.3. The zero-order valence-corrected chi connectivity index (χ0v) is 9.52. The van der Waals surface area contributed by atoms with E-state index in [0.717, 1.165) is 25.7 Å². The molecular weight excluding hydrogens is 182 g/mol. The number of rotatable bonds is 0. The molecule has 1 aliphatic carbocycles. The van der Waals surface area contributed by atoms with Crippen molar-refractivity contribution in [2.24, 2.45) is 17.6 Å². The molecule has 0 spiro atoms. The average molecular weight is 203 g/mol. The lowest BCUT2D eigenvalue weighted by Gasteiger charge is -2.11. The fraction of sp³-hybridized carbons (Fsp3) is 0.571. The van der Waals surface area contributed by atoms with E-state index in [1.165, 1.54) is 0 Å². The maximum atomic E-state index is 5.99. The third-order valence-electron chi connectivity index (χ3n) is 2.87. The van der Waals surface area contributed by atoms with Crippen molar-refractivity contribution in [3.63, 3.8) is 0 Å². The lowest BCUT2D eigenvalue weighted by molar-refractivity contribution is 0.528. The molecule has 0 bridgehead atoms. The van der Waals surface area contributed by atoms with Crippen molar-refractivity contribution >= 4 is 0 Å². The molecule has 15 heavy (non-hydrogen) atoms. The predicted octanol–water partition coefficient (Wildman–Crippen LogP) is 2.89. The van der Waals surface area contributed by atoms with E-state index < -0.39 is 0 Å². The van der Waals surface area contributed by atoms with E-state index in [2.05, 4.69) is 37.1 Å². The standard InChI is InChI=1S/C14H21N/c1-3-13-6-4-5-7-14(15)11-9-12(2)8-10-13/h1,4-5,8,10,12-14H,6-7,9,11,15H2,2H3/b5-4-,10-8?. The molecule has 0 aromatic rings. The SMILES string of the molecule is C#CC1C=CC(C)CCC(N)C/C=C\C1. The molecule has 2 N–H and O–H groups in total. The highest BCUT2D eigenvalue weighted by Gasteiger charge is 2.06. The Kier molecular flexibility index (Phi) is 5.21. The molecule has 1 rings (SSSR count). The molecular formula is C14H21N. The highest BCUT2D eigenvalue weighted by Crippen LogP contribution is 2.15. The van der Waals surface area contributed by atoms with Gasteiger partial charge in [0.1, 0.15) is 0 Å². The first-order valence-corrected chi connectivity index (χ1v) is 5.77. The second-order valence-electron chi connectivity index (χ2n) is 4.42. The Bertz CT molecular complexity index is 270. The summed E-state index contributed by atoms with van der Waals surface area (Å²) in [5.74, 6) is 3.64. The predicted molar refractivity (Wildman–Crippen MR) is 66.2 cm³/mol. The summed E-state index contributed by atoms with van der Waals surface area (Å²) >= 11 is 0. The highest BCUT2D eigenvalue weighted by atomic mass is 14.6. The van der Waals surface area contributed by atoms with Gasteiger partial charge in [-0.15, -0.1) is 6.42 Å². The van der Waals surface area contributed by atoms with Gasteiger partial charge in [-0.1, -0.05) is 37.1 Å². The van der Waals surface area contributed by atoms with Gasteiger partial charge in [-0.25, -0.2) is 0 Å². The van der Waals surface area contributed by atoms with Gasteiger partial charge >= 0.3 is 0 Å². The van der Waals surface area contributed by atoms with Crippen molar-refractivity contribution in [1.29, 1.82) is 0 Å². The van der Waals surface area contributed by atoms with E-state index in [4.69, 9.17) is 12.2 Å². The molecule has 0 radical (unpaired) electrons. The first kappa shape index (κ1) is 12.1. The van der Waals surface area contributed by atoms with Gasteiger partial charge in [-0.3, -0.25) is 0 Å². The topological polar surface area (TPSA) is 26.0 Å². The minimum absolute atomic E-state index is 0.248. The Balaban J connectivity index is 2.63. The second kappa shape index (κ2) is 6.48. The van der Waals surface area contributed by atoms with Crippen LogP contribution in [0.1, 0.15) is 32.6 Å². The molecule has 1 aliphatic rings. The van der Waals surface area contributed by atoms with Crippen molar-refractivity contribution in [3.05, 3.63) is 24.3 Å². The number of nitrogens with two attached hydrogens (primary N) is 1.